The molecule has 0 fully saturated rings. The molecule has 2 aromatic rings. The first-order chi connectivity index (χ1) is 9.90. The largest absolute Gasteiger partial charge is 0.416 e. The third kappa shape index (κ3) is 3.78. The van der Waals surface area contributed by atoms with Crippen molar-refractivity contribution >= 4 is 11.8 Å². The lowest BCUT2D eigenvalue weighted by atomic mass is 10.1. The van der Waals surface area contributed by atoms with Gasteiger partial charge in [-0.1, -0.05) is 12.1 Å². The second-order valence-corrected chi connectivity index (χ2v) is 4.09. The molecule has 0 aliphatic rings. The molecule has 112 valence electrons. The molecule has 0 saturated carbocycles. The van der Waals surface area contributed by atoms with E-state index in [1.54, 1.807) is 0 Å². The summed E-state index contributed by atoms with van der Waals surface area (Å²) < 4.78 is 51.2. The van der Waals surface area contributed by atoms with Gasteiger partial charge in [0.2, 0.25) is 5.95 Å². The Hall–Kier alpha value is -2.42. The van der Waals surface area contributed by atoms with E-state index in [2.05, 4.69) is 20.7 Å². The molecule has 0 aliphatic carbocycles. The zero-order chi connectivity index (χ0) is 15.5. The first-order valence-corrected chi connectivity index (χ1v) is 5.79. The Morgan fingerprint density at radius 1 is 1.24 bits per heavy atom. The number of hydrazine groups is 1. The lowest BCUT2D eigenvalue weighted by Gasteiger charge is -2.10. The van der Waals surface area contributed by atoms with E-state index < -0.39 is 17.6 Å². The summed E-state index contributed by atoms with van der Waals surface area (Å²) in [5, 5.41) is 2.59. The number of halogens is 4. The van der Waals surface area contributed by atoms with Gasteiger partial charge < -0.3 is 5.32 Å². The zero-order valence-corrected chi connectivity index (χ0v) is 10.6. The SMILES string of the molecule is NNc1ncc(F)c(NCc2cccc(C(F)(F)F)c2)n1. The standard InChI is InChI=1S/C12H11F4N5/c13-9-6-19-11(21-17)20-10(9)18-5-7-2-1-3-8(4-7)12(14,15)16/h1-4,6H,5,17H2,(H2,18,19,20,21). The normalized spacial score (nSPS) is 11.3. The molecule has 0 aliphatic heterocycles. The average molecular weight is 301 g/mol. The third-order valence-corrected chi connectivity index (χ3v) is 2.59. The molecule has 0 saturated heterocycles. The minimum absolute atomic E-state index is 0.0112. The summed E-state index contributed by atoms with van der Waals surface area (Å²) >= 11 is 0. The van der Waals surface area contributed by atoms with Gasteiger partial charge in [0, 0.05) is 6.54 Å². The summed E-state index contributed by atoms with van der Waals surface area (Å²) in [5.41, 5.74) is 1.71. The maximum absolute atomic E-state index is 13.4. The first kappa shape index (κ1) is 15.0. The van der Waals surface area contributed by atoms with Gasteiger partial charge in [-0.2, -0.15) is 18.2 Å². The molecule has 1 heterocycles. The van der Waals surface area contributed by atoms with Crippen molar-refractivity contribution in [3.63, 3.8) is 0 Å². The van der Waals surface area contributed by atoms with Gasteiger partial charge >= 0.3 is 6.18 Å². The number of rotatable bonds is 4. The van der Waals surface area contributed by atoms with E-state index in [4.69, 9.17) is 5.84 Å². The molecular weight excluding hydrogens is 290 g/mol. The Bertz CT molecular complexity index is 629. The summed E-state index contributed by atoms with van der Waals surface area (Å²) in [6.45, 7) is -0.0259. The third-order valence-electron chi connectivity index (χ3n) is 2.59. The maximum Gasteiger partial charge on any atom is 0.416 e. The number of nitrogens with zero attached hydrogens (tertiary/aromatic N) is 2. The highest BCUT2D eigenvalue weighted by Crippen LogP contribution is 2.29. The Morgan fingerprint density at radius 2 is 2.00 bits per heavy atom. The van der Waals surface area contributed by atoms with Crippen LogP contribution in [0.3, 0.4) is 0 Å². The van der Waals surface area contributed by atoms with Crippen molar-refractivity contribution in [3.8, 4) is 0 Å². The minimum atomic E-state index is -4.42. The Labute approximate surface area is 117 Å². The summed E-state index contributed by atoms with van der Waals surface area (Å²) in [4.78, 5) is 7.27. The molecule has 2 rings (SSSR count). The predicted octanol–water partition coefficient (Wildman–Crippen LogP) is 2.53. The van der Waals surface area contributed by atoms with E-state index >= 15 is 0 Å². The van der Waals surface area contributed by atoms with Crippen LogP contribution in [0.5, 0.6) is 0 Å². The van der Waals surface area contributed by atoms with Crippen LogP contribution in [-0.2, 0) is 12.7 Å². The van der Waals surface area contributed by atoms with Gasteiger partial charge in [0.15, 0.2) is 11.6 Å². The van der Waals surface area contributed by atoms with Gasteiger partial charge in [-0.3, -0.25) is 5.43 Å². The second kappa shape index (κ2) is 5.92. The average Bonchev–Trinajstić information content (AvgIpc) is 2.46. The van der Waals surface area contributed by atoms with Gasteiger partial charge in [0.1, 0.15) is 0 Å². The predicted molar refractivity (Wildman–Crippen MR) is 68.6 cm³/mol. The van der Waals surface area contributed by atoms with Crippen LogP contribution in [0.4, 0.5) is 29.3 Å². The molecule has 0 atom stereocenters. The fraction of sp³-hybridized carbons (Fsp3) is 0.167. The van der Waals surface area contributed by atoms with Gasteiger partial charge in [-0.25, -0.2) is 15.2 Å². The highest BCUT2D eigenvalue weighted by Gasteiger charge is 2.30. The monoisotopic (exact) mass is 301 g/mol. The topological polar surface area (TPSA) is 75.9 Å². The van der Waals surface area contributed by atoms with Crippen molar-refractivity contribution in [1.29, 1.82) is 0 Å². The number of nitrogens with one attached hydrogen (secondary N) is 2. The van der Waals surface area contributed by atoms with Gasteiger partial charge in [-0.05, 0) is 17.7 Å². The molecule has 1 aromatic heterocycles. The van der Waals surface area contributed by atoms with Crippen LogP contribution in [0.25, 0.3) is 0 Å². The van der Waals surface area contributed by atoms with E-state index in [1.165, 1.54) is 12.1 Å². The second-order valence-electron chi connectivity index (χ2n) is 4.09. The van der Waals surface area contributed by atoms with Crippen molar-refractivity contribution in [2.45, 2.75) is 12.7 Å². The smallest absolute Gasteiger partial charge is 0.363 e. The van der Waals surface area contributed by atoms with Crippen LogP contribution >= 0.6 is 0 Å². The van der Waals surface area contributed by atoms with Crippen LogP contribution in [0.1, 0.15) is 11.1 Å². The highest BCUT2D eigenvalue weighted by atomic mass is 19.4. The first-order valence-electron chi connectivity index (χ1n) is 5.79. The van der Waals surface area contributed by atoms with Gasteiger partial charge in [0.05, 0.1) is 11.8 Å². The molecule has 0 amide bonds. The summed E-state index contributed by atoms with van der Waals surface area (Å²) in [6, 6.07) is 4.71. The summed E-state index contributed by atoms with van der Waals surface area (Å²) in [6.07, 6.45) is -3.52. The van der Waals surface area contributed by atoms with E-state index in [9.17, 15) is 17.6 Å². The van der Waals surface area contributed by atoms with E-state index in [1.807, 2.05) is 0 Å². The van der Waals surface area contributed by atoms with E-state index in [0.717, 1.165) is 18.3 Å². The minimum Gasteiger partial charge on any atom is -0.363 e. The number of alkyl halides is 3. The number of hydrogen-bond acceptors (Lipinski definition) is 5. The molecule has 0 spiro atoms. The number of nitrogen functional groups attached to an aromatic ring is 1. The molecule has 0 unspecified atom stereocenters. The zero-order valence-electron chi connectivity index (χ0n) is 10.6. The highest BCUT2D eigenvalue weighted by molar-refractivity contribution is 5.41. The van der Waals surface area contributed by atoms with Gasteiger partial charge in [-0.15, -0.1) is 0 Å². The molecule has 5 nitrogen and oxygen atoms in total. The Balaban J connectivity index is 2.13. The number of hydrogen-bond donors (Lipinski definition) is 3. The molecular formula is C12H11F4N5. The van der Waals surface area contributed by atoms with Crippen molar-refractivity contribution in [3.05, 3.63) is 47.4 Å². The number of benzene rings is 1. The molecule has 1 aromatic carbocycles. The van der Waals surface area contributed by atoms with Crippen molar-refractivity contribution in [1.82, 2.24) is 9.97 Å². The van der Waals surface area contributed by atoms with Crippen LogP contribution in [0.2, 0.25) is 0 Å². The molecule has 0 radical (unpaired) electrons. The van der Waals surface area contributed by atoms with Crippen LogP contribution in [0.15, 0.2) is 30.5 Å². The van der Waals surface area contributed by atoms with Crippen molar-refractivity contribution < 1.29 is 17.6 Å². The van der Waals surface area contributed by atoms with Crippen LogP contribution in [0, 0.1) is 5.82 Å². The number of nitrogens with two attached hydrogens (primary N) is 1. The fourth-order valence-corrected chi connectivity index (χ4v) is 1.60. The summed E-state index contributed by atoms with van der Waals surface area (Å²) in [5.74, 6) is 4.19. The van der Waals surface area contributed by atoms with Crippen LogP contribution < -0.4 is 16.6 Å². The van der Waals surface area contributed by atoms with Crippen molar-refractivity contribution in [2.24, 2.45) is 5.84 Å². The Morgan fingerprint density at radius 3 is 2.67 bits per heavy atom. The van der Waals surface area contributed by atoms with Gasteiger partial charge in [0.25, 0.3) is 0 Å². The number of anilines is 2. The lowest BCUT2D eigenvalue weighted by molar-refractivity contribution is -0.137. The maximum atomic E-state index is 13.4. The van der Waals surface area contributed by atoms with Crippen molar-refractivity contribution in [2.75, 3.05) is 10.7 Å². The molecule has 9 heteroatoms. The Kier molecular flexibility index (Phi) is 4.22. The van der Waals surface area contributed by atoms with E-state index in [0.29, 0.717) is 5.56 Å². The molecule has 4 N–H and O–H groups in total. The number of aromatic nitrogens is 2. The summed E-state index contributed by atoms with van der Waals surface area (Å²) in [7, 11) is 0. The molecule has 21 heavy (non-hydrogen) atoms. The molecule has 0 bridgehead atoms. The fourth-order valence-electron chi connectivity index (χ4n) is 1.60. The van der Waals surface area contributed by atoms with Crippen LogP contribution in [-0.4, -0.2) is 9.97 Å². The quantitative estimate of drug-likeness (QED) is 0.459. The van der Waals surface area contributed by atoms with E-state index in [-0.39, 0.29) is 18.3 Å². The lowest BCUT2D eigenvalue weighted by Crippen LogP contribution is -2.13.